The van der Waals surface area contributed by atoms with Gasteiger partial charge in [0.1, 0.15) is 0 Å². The van der Waals surface area contributed by atoms with Crippen molar-refractivity contribution >= 4 is 29.1 Å². The van der Waals surface area contributed by atoms with Crippen LogP contribution in [0.25, 0.3) is 0 Å². The SMILES string of the molecule is C[C@@H](C1CC1)N(Cc1ccccc1)C(=O)C[NH+](C)CC(=O)Nc1ccccc1Cl. The molecule has 1 unspecified atom stereocenters. The second-order valence-corrected chi connectivity index (χ2v) is 8.33. The minimum atomic E-state index is -0.159. The Labute approximate surface area is 177 Å². The summed E-state index contributed by atoms with van der Waals surface area (Å²) < 4.78 is 0. The van der Waals surface area contributed by atoms with Crippen LogP contribution in [-0.2, 0) is 16.1 Å². The minimum Gasteiger partial charge on any atom is -0.331 e. The number of halogens is 1. The maximum Gasteiger partial charge on any atom is 0.279 e. The molecule has 6 heteroatoms. The molecule has 0 aliphatic heterocycles. The van der Waals surface area contributed by atoms with Crippen molar-refractivity contribution in [1.82, 2.24) is 4.90 Å². The molecular weight excluding hydrogens is 386 g/mol. The van der Waals surface area contributed by atoms with Crippen LogP contribution >= 0.6 is 11.6 Å². The maximum atomic E-state index is 13.1. The fraction of sp³-hybridized carbons (Fsp3) is 0.391. The number of rotatable bonds is 9. The van der Waals surface area contributed by atoms with Gasteiger partial charge in [0.25, 0.3) is 11.8 Å². The van der Waals surface area contributed by atoms with E-state index in [0.29, 0.717) is 23.2 Å². The van der Waals surface area contributed by atoms with Gasteiger partial charge in [-0.1, -0.05) is 54.1 Å². The number of carbonyl (C=O) groups excluding carboxylic acids is 2. The molecular formula is C23H29ClN3O2+. The molecule has 2 aromatic rings. The molecule has 1 aliphatic rings. The second-order valence-electron chi connectivity index (χ2n) is 7.92. The van der Waals surface area contributed by atoms with Crippen LogP contribution in [0.2, 0.25) is 5.02 Å². The minimum absolute atomic E-state index is 0.0799. The standard InChI is InChI=1S/C23H28ClN3O2/c1-17(19-12-13-19)27(14-18-8-4-3-5-9-18)23(29)16-26(2)15-22(28)25-21-11-7-6-10-20(21)24/h3-11,17,19H,12-16H2,1-2H3,(H,25,28)/p+1/t17-/m0/s1. The van der Waals surface area contributed by atoms with Gasteiger partial charge in [0.15, 0.2) is 13.1 Å². The van der Waals surface area contributed by atoms with Crippen molar-refractivity contribution < 1.29 is 14.5 Å². The van der Waals surface area contributed by atoms with Crippen LogP contribution in [0.4, 0.5) is 5.69 Å². The Bertz CT molecular complexity index is 839. The molecule has 0 radical (unpaired) electrons. The molecule has 2 aromatic carbocycles. The van der Waals surface area contributed by atoms with Gasteiger partial charge in [-0.05, 0) is 43.4 Å². The first-order chi connectivity index (χ1) is 13.9. The van der Waals surface area contributed by atoms with E-state index in [1.54, 1.807) is 12.1 Å². The highest BCUT2D eigenvalue weighted by molar-refractivity contribution is 6.33. The Morgan fingerprint density at radius 1 is 1.10 bits per heavy atom. The monoisotopic (exact) mass is 414 g/mol. The molecule has 0 heterocycles. The summed E-state index contributed by atoms with van der Waals surface area (Å²) in [5.74, 6) is 0.510. The number of hydrogen-bond acceptors (Lipinski definition) is 2. The van der Waals surface area contributed by atoms with Crippen LogP contribution in [0.1, 0.15) is 25.3 Å². The maximum absolute atomic E-state index is 13.1. The summed E-state index contributed by atoms with van der Waals surface area (Å²) in [6, 6.07) is 17.4. The third-order valence-electron chi connectivity index (χ3n) is 5.38. The van der Waals surface area contributed by atoms with Crippen LogP contribution in [0.5, 0.6) is 0 Å². The summed E-state index contributed by atoms with van der Waals surface area (Å²) in [6.07, 6.45) is 2.37. The molecule has 2 atom stereocenters. The number of anilines is 1. The summed E-state index contributed by atoms with van der Waals surface area (Å²) >= 11 is 6.10. The summed E-state index contributed by atoms with van der Waals surface area (Å²) in [5.41, 5.74) is 1.72. The van der Waals surface area contributed by atoms with E-state index < -0.39 is 0 Å². The Hall–Kier alpha value is -2.37. The highest BCUT2D eigenvalue weighted by atomic mass is 35.5. The zero-order valence-electron chi connectivity index (χ0n) is 17.0. The summed E-state index contributed by atoms with van der Waals surface area (Å²) in [5, 5.41) is 3.32. The van der Waals surface area contributed by atoms with Crippen molar-refractivity contribution in [2.75, 3.05) is 25.5 Å². The third kappa shape index (κ3) is 6.31. The second kappa shape index (κ2) is 9.90. The number of nitrogens with zero attached hydrogens (tertiary/aromatic N) is 1. The Balaban J connectivity index is 1.57. The molecule has 3 rings (SSSR count). The number of nitrogens with one attached hydrogen (secondary N) is 2. The van der Waals surface area contributed by atoms with Crippen LogP contribution in [-0.4, -0.2) is 42.9 Å². The van der Waals surface area contributed by atoms with E-state index in [-0.39, 0.29) is 30.9 Å². The van der Waals surface area contributed by atoms with Crippen molar-refractivity contribution in [3.05, 3.63) is 65.2 Å². The van der Waals surface area contributed by atoms with Crippen LogP contribution in [0.3, 0.4) is 0 Å². The Morgan fingerprint density at radius 2 is 1.76 bits per heavy atom. The van der Waals surface area contributed by atoms with Gasteiger partial charge in [-0.15, -0.1) is 0 Å². The van der Waals surface area contributed by atoms with Gasteiger partial charge in [0, 0.05) is 12.6 Å². The molecule has 0 spiro atoms. The lowest BCUT2D eigenvalue weighted by atomic mass is 10.1. The van der Waals surface area contributed by atoms with Crippen LogP contribution in [0.15, 0.2) is 54.6 Å². The molecule has 1 aliphatic carbocycles. The predicted octanol–water partition coefficient (Wildman–Crippen LogP) is 2.62. The van der Waals surface area contributed by atoms with Crippen molar-refractivity contribution in [1.29, 1.82) is 0 Å². The smallest absolute Gasteiger partial charge is 0.279 e. The molecule has 2 N–H and O–H groups in total. The highest BCUT2D eigenvalue weighted by Crippen LogP contribution is 2.35. The molecule has 0 bridgehead atoms. The van der Waals surface area contributed by atoms with E-state index in [9.17, 15) is 9.59 Å². The van der Waals surface area contributed by atoms with Crippen molar-refractivity contribution in [2.24, 2.45) is 5.92 Å². The predicted molar refractivity (Wildman–Crippen MR) is 116 cm³/mol. The van der Waals surface area contributed by atoms with Crippen LogP contribution < -0.4 is 10.2 Å². The van der Waals surface area contributed by atoms with E-state index >= 15 is 0 Å². The molecule has 5 nitrogen and oxygen atoms in total. The molecule has 1 saturated carbocycles. The van der Waals surface area contributed by atoms with E-state index in [2.05, 4.69) is 12.2 Å². The largest absolute Gasteiger partial charge is 0.331 e. The Kier molecular flexibility index (Phi) is 7.29. The first kappa shape index (κ1) is 21.3. The summed E-state index contributed by atoms with van der Waals surface area (Å²) in [7, 11) is 1.87. The number of quaternary nitrogens is 1. The fourth-order valence-corrected chi connectivity index (χ4v) is 3.71. The first-order valence-corrected chi connectivity index (χ1v) is 10.5. The number of hydrogen-bond donors (Lipinski definition) is 2. The van der Waals surface area contributed by atoms with E-state index in [0.717, 1.165) is 10.5 Å². The van der Waals surface area contributed by atoms with Crippen molar-refractivity contribution in [3.8, 4) is 0 Å². The quantitative estimate of drug-likeness (QED) is 0.662. The fourth-order valence-electron chi connectivity index (χ4n) is 3.53. The molecule has 0 aromatic heterocycles. The molecule has 2 amide bonds. The van der Waals surface area contributed by atoms with Gasteiger partial charge < -0.3 is 15.1 Å². The lowest BCUT2D eigenvalue weighted by Crippen LogP contribution is -3.11. The lowest BCUT2D eigenvalue weighted by Gasteiger charge is -2.30. The van der Waals surface area contributed by atoms with Gasteiger partial charge in [0.05, 0.1) is 17.8 Å². The first-order valence-electron chi connectivity index (χ1n) is 10.1. The zero-order chi connectivity index (χ0) is 20.8. The summed E-state index contributed by atoms with van der Waals surface area (Å²) in [4.78, 5) is 28.3. The lowest BCUT2D eigenvalue weighted by molar-refractivity contribution is -0.862. The summed E-state index contributed by atoms with van der Waals surface area (Å²) in [6.45, 7) is 3.22. The number of likely N-dealkylation sites (N-methyl/N-ethyl adjacent to an activating group) is 1. The van der Waals surface area contributed by atoms with Gasteiger partial charge in [-0.25, -0.2) is 0 Å². The molecule has 1 fully saturated rings. The van der Waals surface area contributed by atoms with Crippen molar-refractivity contribution in [2.45, 2.75) is 32.4 Å². The number of carbonyl (C=O) groups is 2. The van der Waals surface area contributed by atoms with Crippen LogP contribution in [0, 0.1) is 5.92 Å². The zero-order valence-corrected chi connectivity index (χ0v) is 17.8. The van der Waals surface area contributed by atoms with Crippen molar-refractivity contribution in [3.63, 3.8) is 0 Å². The topological polar surface area (TPSA) is 53.9 Å². The Morgan fingerprint density at radius 3 is 2.41 bits per heavy atom. The van der Waals surface area contributed by atoms with Gasteiger partial charge in [-0.2, -0.15) is 0 Å². The number of amides is 2. The molecule has 154 valence electrons. The highest BCUT2D eigenvalue weighted by Gasteiger charge is 2.35. The molecule has 29 heavy (non-hydrogen) atoms. The normalized spacial score (nSPS) is 15.4. The van der Waals surface area contributed by atoms with E-state index in [1.165, 1.54) is 12.8 Å². The number of benzene rings is 2. The van der Waals surface area contributed by atoms with E-state index in [4.69, 9.17) is 11.6 Å². The average Bonchev–Trinajstić information content (AvgIpc) is 3.53. The average molecular weight is 415 g/mol. The molecule has 0 saturated heterocycles. The van der Waals surface area contributed by atoms with Gasteiger partial charge >= 0.3 is 0 Å². The third-order valence-corrected chi connectivity index (χ3v) is 5.70. The van der Waals surface area contributed by atoms with E-state index in [1.807, 2.05) is 54.4 Å². The van der Waals surface area contributed by atoms with Gasteiger partial charge in [0.2, 0.25) is 0 Å². The number of para-hydroxylation sites is 1. The van der Waals surface area contributed by atoms with Gasteiger partial charge in [-0.3, -0.25) is 9.59 Å².